The Morgan fingerprint density at radius 1 is 1.36 bits per heavy atom. The van der Waals surface area contributed by atoms with Gasteiger partial charge in [0.25, 0.3) is 0 Å². The number of nitrogen functional groups attached to an aromatic ring is 1. The van der Waals surface area contributed by atoms with E-state index in [2.05, 4.69) is 20.3 Å². The third-order valence-corrected chi connectivity index (χ3v) is 2.60. The zero-order chi connectivity index (χ0) is 9.97. The van der Waals surface area contributed by atoms with Gasteiger partial charge in [-0.2, -0.15) is 0 Å². The molecule has 1 aromatic rings. The maximum absolute atomic E-state index is 5.36. The third-order valence-electron chi connectivity index (χ3n) is 2.60. The number of hydrazine groups is 1. The molecule has 2 rings (SSSR count). The smallest absolute Gasteiger partial charge is 0.148 e. The molecule has 2 heterocycles. The summed E-state index contributed by atoms with van der Waals surface area (Å²) in [7, 11) is 0. The molecule has 76 valence electrons. The van der Waals surface area contributed by atoms with Crippen LogP contribution in [0, 0.1) is 6.92 Å². The Balaban J connectivity index is 2.32. The zero-order valence-electron chi connectivity index (χ0n) is 8.32. The first kappa shape index (κ1) is 9.21. The molecule has 1 aromatic heterocycles. The number of anilines is 2. The molecule has 0 radical (unpaired) electrons. The van der Waals surface area contributed by atoms with E-state index >= 15 is 0 Å². The van der Waals surface area contributed by atoms with Crippen LogP contribution in [0.25, 0.3) is 0 Å². The van der Waals surface area contributed by atoms with E-state index in [-0.39, 0.29) is 0 Å². The topological polar surface area (TPSA) is 67.1 Å². The Hall–Kier alpha value is -1.36. The van der Waals surface area contributed by atoms with Crippen molar-refractivity contribution in [2.45, 2.75) is 19.8 Å². The molecule has 1 saturated heterocycles. The minimum atomic E-state index is 0.710. The van der Waals surface area contributed by atoms with Gasteiger partial charge in [0, 0.05) is 18.7 Å². The fourth-order valence-electron chi connectivity index (χ4n) is 1.83. The van der Waals surface area contributed by atoms with Crippen molar-refractivity contribution in [3.8, 4) is 0 Å². The minimum Gasteiger partial charge on any atom is -0.356 e. The Labute approximate surface area is 83.3 Å². The second-order valence-electron chi connectivity index (χ2n) is 3.51. The fraction of sp³-hybridized carbons (Fsp3) is 0.556. The molecule has 3 N–H and O–H groups in total. The van der Waals surface area contributed by atoms with E-state index in [0.717, 1.165) is 24.5 Å². The van der Waals surface area contributed by atoms with Crippen molar-refractivity contribution in [1.82, 2.24) is 9.97 Å². The number of hydrogen-bond acceptors (Lipinski definition) is 5. The number of hydrogen-bond donors (Lipinski definition) is 2. The van der Waals surface area contributed by atoms with Gasteiger partial charge in [0.1, 0.15) is 18.0 Å². The minimum absolute atomic E-state index is 0.710. The lowest BCUT2D eigenvalue weighted by atomic mass is 10.3. The van der Waals surface area contributed by atoms with Gasteiger partial charge in [0.2, 0.25) is 0 Å². The van der Waals surface area contributed by atoms with Crippen molar-refractivity contribution in [3.05, 3.63) is 11.9 Å². The van der Waals surface area contributed by atoms with Crippen LogP contribution in [-0.4, -0.2) is 23.1 Å². The van der Waals surface area contributed by atoms with Crippen molar-refractivity contribution < 1.29 is 0 Å². The van der Waals surface area contributed by atoms with Crippen LogP contribution < -0.4 is 16.2 Å². The van der Waals surface area contributed by atoms with Gasteiger partial charge in [-0.1, -0.05) is 0 Å². The molecule has 0 spiro atoms. The predicted octanol–water partition coefficient (Wildman–Crippen LogP) is 0.671. The molecule has 0 bridgehead atoms. The van der Waals surface area contributed by atoms with Gasteiger partial charge in [-0.05, 0) is 19.8 Å². The Morgan fingerprint density at radius 2 is 2.07 bits per heavy atom. The van der Waals surface area contributed by atoms with Gasteiger partial charge in [0.15, 0.2) is 0 Å². The molecular weight excluding hydrogens is 178 g/mol. The molecule has 5 heteroatoms. The largest absolute Gasteiger partial charge is 0.356 e. The van der Waals surface area contributed by atoms with Crippen molar-refractivity contribution >= 4 is 11.6 Å². The molecule has 1 fully saturated rings. The highest BCUT2D eigenvalue weighted by Gasteiger charge is 2.17. The third kappa shape index (κ3) is 1.50. The summed E-state index contributed by atoms with van der Waals surface area (Å²) in [6.07, 6.45) is 4.04. The first-order valence-corrected chi connectivity index (χ1v) is 4.86. The van der Waals surface area contributed by atoms with Crippen LogP contribution in [0.2, 0.25) is 0 Å². The molecule has 0 aliphatic carbocycles. The van der Waals surface area contributed by atoms with E-state index in [1.807, 2.05) is 6.92 Å². The molecule has 14 heavy (non-hydrogen) atoms. The number of aromatic nitrogens is 2. The van der Waals surface area contributed by atoms with Gasteiger partial charge in [0.05, 0.1) is 0 Å². The maximum atomic E-state index is 5.36. The highest BCUT2D eigenvalue weighted by Crippen LogP contribution is 2.24. The molecular formula is C9H15N5. The average Bonchev–Trinajstić information content (AvgIpc) is 2.71. The lowest BCUT2D eigenvalue weighted by Gasteiger charge is -2.19. The molecule has 0 aromatic carbocycles. The summed E-state index contributed by atoms with van der Waals surface area (Å²) < 4.78 is 0. The van der Waals surface area contributed by atoms with Crippen molar-refractivity contribution in [3.63, 3.8) is 0 Å². The van der Waals surface area contributed by atoms with Gasteiger partial charge in [-0.3, -0.25) is 0 Å². The highest BCUT2D eigenvalue weighted by molar-refractivity contribution is 5.57. The first-order valence-electron chi connectivity index (χ1n) is 4.86. The Bertz CT molecular complexity index is 319. The summed E-state index contributed by atoms with van der Waals surface area (Å²) in [6.45, 7) is 4.16. The summed E-state index contributed by atoms with van der Waals surface area (Å²) in [5, 5.41) is 0. The van der Waals surface area contributed by atoms with Gasteiger partial charge in [-0.25, -0.2) is 15.8 Å². The van der Waals surface area contributed by atoms with Crippen LogP contribution in [0.4, 0.5) is 11.6 Å². The average molecular weight is 193 g/mol. The standard InChI is InChI=1S/C9H15N5/c1-7-8(13-10)11-6-12-9(7)14-4-2-3-5-14/h6H,2-5,10H2,1H3,(H,11,12,13). The Kier molecular flexibility index (Phi) is 2.49. The molecule has 1 aliphatic heterocycles. The van der Waals surface area contributed by atoms with Crippen LogP contribution in [0.1, 0.15) is 18.4 Å². The highest BCUT2D eigenvalue weighted by atomic mass is 15.3. The van der Waals surface area contributed by atoms with E-state index < -0.39 is 0 Å². The molecule has 0 unspecified atom stereocenters. The summed E-state index contributed by atoms with van der Waals surface area (Å²) in [5.74, 6) is 7.07. The van der Waals surface area contributed by atoms with Crippen LogP contribution in [0.3, 0.4) is 0 Å². The molecule has 0 saturated carbocycles. The Morgan fingerprint density at radius 3 is 2.71 bits per heavy atom. The van der Waals surface area contributed by atoms with Gasteiger partial charge in [-0.15, -0.1) is 0 Å². The number of nitrogens with two attached hydrogens (primary N) is 1. The summed E-state index contributed by atoms with van der Waals surface area (Å²) in [6, 6.07) is 0. The number of rotatable bonds is 2. The van der Waals surface area contributed by atoms with Crippen LogP contribution >= 0.6 is 0 Å². The van der Waals surface area contributed by atoms with E-state index in [1.54, 1.807) is 6.33 Å². The first-order chi connectivity index (χ1) is 6.83. The van der Waals surface area contributed by atoms with Crippen molar-refractivity contribution in [2.24, 2.45) is 5.84 Å². The van der Waals surface area contributed by atoms with Crippen LogP contribution in [-0.2, 0) is 0 Å². The maximum Gasteiger partial charge on any atom is 0.148 e. The van der Waals surface area contributed by atoms with Crippen LogP contribution in [0.5, 0.6) is 0 Å². The lowest BCUT2D eigenvalue weighted by molar-refractivity contribution is 0.915. The summed E-state index contributed by atoms with van der Waals surface area (Å²) in [4.78, 5) is 10.6. The summed E-state index contributed by atoms with van der Waals surface area (Å²) >= 11 is 0. The van der Waals surface area contributed by atoms with Crippen molar-refractivity contribution in [1.29, 1.82) is 0 Å². The monoisotopic (exact) mass is 193 g/mol. The van der Waals surface area contributed by atoms with E-state index in [4.69, 9.17) is 5.84 Å². The molecule has 5 nitrogen and oxygen atoms in total. The number of nitrogens with zero attached hydrogens (tertiary/aromatic N) is 3. The lowest BCUT2D eigenvalue weighted by Crippen LogP contribution is -2.21. The van der Waals surface area contributed by atoms with Gasteiger partial charge < -0.3 is 10.3 Å². The van der Waals surface area contributed by atoms with E-state index in [9.17, 15) is 0 Å². The predicted molar refractivity (Wildman–Crippen MR) is 56.0 cm³/mol. The van der Waals surface area contributed by atoms with Crippen molar-refractivity contribution in [2.75, 3.05) is 23.4 Å². The SMILES string of the molecule is Cc1c(NN)ncnc1N1CCCC1. The number of nitrogens with one attached hydrogen (secondary N) is 1. The second kappa shape index (κ2) is 3.79. The zero-order valence-corrected chi connectivity index (χ0v) is 8.32. The van der Waals surface area contributed by atoms with Gasteiger partial charge >= 0.3 is 0 Å². The van der Waals surface area contributed by atoms with E-state index in [1.165, 1.54) is 12.8 Å². The molecule has 0 atom stereocenters. The fourth-order valence-corrected chi connectivity index (χ4v) is 1.83. The van der Waals surface area contributed by atoms with E-state index in [0.29, 0.717) is 5.82 Å². The second-order valence-corrected chi connectivity index (χ2v) is 3.51. The van der Waals surface area contributed by atoms with Crippen LogP contribution in [0.15, 0.2) is 6.33 Å². The normalized spacial score (nSPS) is 16.0. The summed E-state index contributed by atoms with van der Waals surface area (Å²) in [5.41, 5.74) is 3.61. The molecule has 1 aliphatic rings. The quantitative estimate of drug-likeness (QED) is 0.534. The molecule has 0 amide bonds.